The van der Waals surface area contributed by atoms with Gasteiger partial charge in [-0.05, 0) is 43.3 Å². The van der Waals surface area contributed by atoms with E-state index in [2.05, 4.69) is 42.4 Å². The van der Waals surface area contributed by atoms with Crippen LogP contribution in [0, 0.1) is 0 Å². The number of hydrogen-bond acceptors (Lipinski definition) is 4. The van der Waals surface area contributed by atoms with Crippen LogP contribution in [0.4, 0.5) is 5.69 Å². The Labute approximate surface area is 145 Å². The van der Waals surface area contributed by atoms with Crippen LogP contribution in [0.2, 0.25) is 0 Å². The standard InChI is InChI=1S/C16H14Br2N2O2/c1-2-22-16(21)11-3-4-12(15(18)9-11)10-19-20-14-7-5-13(17)6-8-14/h3-10,20H,2H2,1H3/b19-10+. The first-order valence-corrected chi connectivity index (χ1v) is 8.20. The van der Waals surface area contributed by atoms with E-state index in [1.807, 2.05) is 30.3 Å². The lowest BCUT2D eigenvalue weighted by molar-refractivity contribution is 0.0526. The number of nitrogens with zero attached hydrogens (tertiary/aromatic N) is 1. The third kappa shape index (κ3) is 4.68. The molecule has 0 saturated carbocycles. The van der Waals surface area contributed by atoms with Crippen LogP contribution in [0.15, 0.2) is 56.5 Å². The Morgan fingerprint density at radius 2 is 1.95 bits per heavy atom. The molecule has 0 fully saturated rings. The summed E-state index contributed by atoms with van der Waals surface area (Å²) in [5.74, 6) is -0.334. The molecule has 4 nitrogen and oxygen atoms in total. The van der Waals surface area contributed by atoms with E-state index in [0.717, 1.165) is 20.2 Å². The molecule has 114 valence electrons. The molecule has 0 heterocycles. The minimum Gasteiger partial charge on any atom is -0.462 e. The minimum atomic E-state index is -0.334. The second kappa shape index (κ2) is 8.10. The molecule has 6 heteroatoms. The third-order valence-electron chi connectivity index (χ3n) is 2.75. The highest BCUT2D eigenvalue weighted by Crippen LogP contribution is 2.18. The SMILES string of the molecule is CCOC(=O)c1ccc(/C=N/Nc2ccc(Br)cc2)c(Br)c1. The molecule has 0 unspecified atom stereocenters. The topological polar surface area (TPSA) is 50.7 Å². The van der Waals surface area contributed by atoms with Crippen LogP contribution in [0.25, 0.3) is 0 Å². The van der Waals surface area contributed by atoms with E-state index in [4.69, 9.17) is 4.74 Å². The van der Waals surface area contributed by atoms with E-state index in [0.29, 0.717) is 12.2 Å². The van der Waals surface area contributed by atoms with Crippen LogP contribution >= 0.6 is 31.9 Å². The summed E-state index contributed by atoms with van der Waals surface area (Å²) in [6, 6.07) is 12.9. The number of ether oxygens (including phenoxy) is 1. The number of hydrogen-bond donors (Lipinski definition) is 1. The Hall–Kier alpha value is -1.66. The Bertz CT molecular complexity index is 685. The van der Waals surface area contributed by atoms with Gasteiger partial charge in [0.2, 0.25) is 0 Å². The highest BCUT2D eigenvalue weighted by molar-refractivity contribution is 9.10. The van der Waals surface area contributed by atoms with Crippen LogP contribution in [0.1, 0.15) is 22.8 Å². The molecule has 0 saturated heterocycles. The van der Waals surface area contributed by atoms with Gasteiger partial charge in [0.15, 0.2) is 0 Å². The van der Waals surface area contributed by atoms with Gasteiger partial charge < -0.3 is 4.74 Å². The molecule has 0 aliphatic carbocycles. The van der Waals surface area contributed by atoms with Gasteiger partial charge in [0, 0.05) is 14.5 Å². The maximum Gasteiger partial charge on any atom is 0.338 e. The fraction of sp³-hybridized carbons (Fsp3) is 0.125. The fourth-order valence-corrected chi connectivity index (χ4v) is 2.42. The van der Waals surface area contributed by atoms with Crippen molar-refractivity contribution in [2.24, 2.45) is 5.10 Å². The zero-order chi connectivity index (χ0) is 15.9. The second-order valence-corrected chi connectivity index (χ2v) is 6.10. The molecule has 2 aromatic carbocycles. The first kappa shape index (κ1) is 16.7. The smallest absolute Gasteiger partial charge is 0.338 e. The number of halogens is 2. The number of esters is 1. The Morgan fingerprint density at radius 3 is 2.59 bits per heavy atom. The van der Waals surface area contributed by atoms with E-state index >= 15 is 0 Å². The predicted molar refractivity (Wildman–Crippen MR) is 95.5 cm³/mol. The van der Waals surface area contributed by atoms with Gasteiger partial charge in [0.05, 0.1) is 24.1 Å². The van der Waals surface area contributed by atoms with Crippen LogP contribution in [-0.4, -0.2) is 18.8 Å². The van der Waals surface area contributed by atoms with Gasteiger partial charge in [-0.1, -0.05) is 37.9 Å². The molecule has 0 aliphatic rings. The van der Waals surface area contributed by atoms with Crippen molar-refractivity contribution in [2.45, 2.75) is 6.92 Å². The lowest BCUT2D eigenvalue weighted by Gasteiger charge is -2.04. The number of hydrazone groups is 1. The van der Waals surface area contributed by atoms with Gasteiger partial charge in [-0.2, -0.15) is 5.10 Å². The van der Waals surface area contributed by atoms with Gasteiger partial charge in [-0.3, -0.25) is 5.43 Å². The van der Waals surface area contributed by atoms with Crippen molar-refractivity contribution >= 4 is 49.7 Å². The molecule has 0 atom stereocenters. The molecule has 0 amide bonds. The van der Waals surface area contributed by atoms with Crippen molar-refractivity contribution in [2.75, 3.05) is 12.0 Å². The molecular weight excluding hydrogens is 412 g/mol. The number of anilines is 1. The number of carbonyl (C=O) groups is 1. The van der Waals surface area contributed by atoms with Gasteiger partial charge in [-0.25, -0.2) is 4.79 Å². The molecule has 2 rings (SSSR count). The summed E-state index contributed by atoms with van der Waals surface area (Å²) in [5.41, 5.74) is 5.19. The Morgan fingerprint density at radius 1 is 1.23 bits per heavy atom. The summed E-state index contributed by atoms with van der Waals surface area (Å²) in [6.07, 6.45) is 1.68. The molecule has 0 spiro atoms. The largest absolute Gasteiger partial charge is 0.462 e. The van der Waals surface area contributed by atoms with Crippen molar-refractivity contribution in [1.29, 1.82) is 0 Å². The van der Waals surface area contributed by atoms with Crippen LogP contribution in [-0.2, 0) is 4.74 Å². The first-order chi connectivity index (χ1) is 10.6. The van der Waals surface area contributed by atoms with Crippen LogP contribution in [0.5, 0.6) is 0 Å². The van der Waals surface area contributed by atoms with Crippen molar-refractivity contribution in [1.82, 2.24) is 0 Å². The lowest BCUT2D eigenvalue weighted by Crippen LogP contribution is -2.04. The second-order valence-electron chi connectivity index (χ2n) is 4.33. The minimum absolute atomic E-state index is 0.334. The zero-order valence-electron chi connectivity index (χ0n) is 11.8. The molecule has 0 radical (unpaired) electrons. The number of carbonyl (C=O) groups excluding carboxylic acids is 1. The first-order valence-electron chi connectivity index (χ1n) is 6.61. The van der Waals surface area contributed by atoms with Gasteiger partial charge in [0.25, 0.3) is 0 Å². The monoisotopic (exact) mass is 424 g/mol. The average Bonchev–Trinajstić information content (AvgIpc) is 2.51. The van der Waals surface area contributed by atoms with E-state index in [-0.39, 0.29) is 5.97 Å². The van der Waals surface area contributed by atoms with Crippen LogP contribution in [0.3, 0.4) is 0 Å². The highest BCUT2D eigenvalue weighted by atomic mass is 79.9. The maximum absolute atomic E-state index is 11.6. The summed E-state index contributed by atoms with van der Waals surface area (Å²) in [4.78, 5) is 11.6. The van der Waals surface area contributed by atoms with Crippen molar-refractivity contribution in [3.05, 3.63) is 62.5 Å². The van der Waals surface area contributed by atoms with Crippen molar-refractivity contribution < 1.29 is 9.53 Å². The number of benzene rings is 2. The summed E-state index contributed by atoms with van der Waals surface area (Å²) in [6.45, 7) is 2.14. The quantitative estimate of drug-likeness (QED) is 0.423. The van der Waals surface area contributed by atoms with Gasteiger partial charge >= 0.3 is 5.97 Å². The lowest BCUT2D eigenvalue weighted by atomic mass is 10.1. The van der Waals surface area contributed by atoms with E-state index in [1.165, 1.54) is 0 Å². The molecule has 22 heavy (non-hydrogen) atoms. The highest BCUT2D eigenvalue weighted by Gasteiger charge is 2.08. The summed E-state index contributed by atoms with van der Waals surface area (Å²) >= 11 is 6.81. The summed E-state index contributed by atoms with van der Waals surface area (Å²) < 4.78 is 6.75. The number of rotatable bonds is 5. The van der Waals surface area contributed by atoms with E-state index in [9.17, 15) is 4.79 Å². The summed E-state index contributed by atoms with van der Waals surface area (Å²) in [5, 5.41) is 4.18. The normalized spacial score (nSPS) is 10.7. The third-order valence-corrected chi connectivity index (χ3v) is 3.97. The summed E-state index contributed by atoms with van der Waals surface area (Å²) in [7, 11) is 0. The fourth-order valence-electron chi connectivity index (χ4n) is 1.67. The van der Waals surface area contributed by atoms with E-state index in [1.54, 1.807) is 25.3 Å². The van der Waals surface area contributed by atoms with Gasteiger partial charge in [0.1, 0.15) is 0 Å². The average molecular weight is 426 g/mol. The molecule has 0 aliphatic heterocycles. The number of nitrogens with one attached hydrogen (secondary N) is 1. The van der Waals surface area contributed by atoms with E-state index < -0.39 is 0 Å². The molecular formula is C16H14Br2N2O2. The molecule has 0 aromatic heterocycles. The Kier molecular flexibility index (Phi) is 6.15. The van der Waals surface area contributed by atoms with Crippen molar-refractivity contribution in [3.63, 3.8) is 0 Å². The molecule has 0 bridgehead atoms. The van der Waals surface area contributed by atoms with Crippen LogP contribution < -0.4 is 5.43 Å². The molecule has 1 N–H and O–H groups in total. The maximum atomic E-state index is 11.6. The van der Waals surface area contributed by atoms with Gasteiger partial charge in [-0.15, -0.1) is 0 Å². The molecule has 2 aromatic rings. The Balaban J connectivity index is 2.05. The van der Waals surface area contributed by atoms with Crippen molar-refractivity contribution in [3.8, 4) is 0 Å². The predicted octanol–water partition coefficient (Wildman–Crippen LogP) is 4.83. The zero-order valence-corrected chi connectivity index (χ0v) is 15.0.